The molecule has 1 amide bonds. The molecule has 2 aromatic heterocycles. The molecule has 2 aromatic carbocycles. The summed E-state index contributed by atoms with van der Waals surface area (Å²) in [5.41, 5.74) is 3.22. The molecule has 0 unspecified atom stereocenters. The van der Waals surface area contributed by atoms with Gasteiger partial charge in [0.05, 0.1) is 11.4 Å². The monoisotopic (exact) mass is 373 g/mol. The fourth-order valence-corrected chi connectivity index (χ4v) is 3.31. The van der Waals surface area contributed by atoms with E-state index in [1.165, 1.54) is 11.3 Å². The Bertz CT molecular complexity index is 1050. The van der Waals surface area contributed by atoms with Crippen LogP contribution in [0.15, 0.2) is 84.4 Å². The van der Waals surface area contributed by atoms with Gasteiger partial charge in [-0.05, 0) is 36.4 Å². The van der Waals surface area contributed by atoms with Crippen LogP contribution in [-0.2, 0) is 0 Å². The van der Waals surface area contributed by atoms with Crippen LogP contribution in [0.1, 0.15) is 0 Å². The number of hydrogen-bond donors (Lipinski definition) is 1. The summed E-state index contributed by atoms with van der Waals surface area (Å²) in [4.78, 5) is 21.0. The number of benzene rings is 2. The predicted molar refractivity (Wildman–Crippen MR) is 107 cm³/mol. The number of ether oxygens (including phenoxy) is 1. The van der Waals surface area contributed by atoms with Gasteiger partial charge < -0.3 is 4.74 Å². The molecule has 0 radical (unpaired) electrons. The lowest BCUT2D eigenvalue weighted by atomic mass is 10.1. The zero-order valence-corrected chi connectivity index (χ0v) is 15.0. The Kier molecular flexibility index (Phi) is 4.89. The molecule has 6 heteroatoms. The maximum atomic E-state index is 12.1. The molecule has 0 spiro atoms. The molecule has 0 fully saturated rings. The number of anilines is 1. The topological polar surface area (TPSA) is 64.1 Å². The van der Waals surface area contributed by atoms with Crippen LogP contribution in [0.4, 0.5) is 10.5 Å². The summed E-state index contributed by atoms with van der Waals surface area (Å²) in [5, 5.41) is 5.57. The highest BCUT2D eigenvalue weighted by atomic mass is 32.1. The van der Waals surface area contributed by atoms with Gasteiger partial charge in [0.2, 0.25) is 0 Å². The molecule has 0 aliphatic rings. The van der Waals surface area contributed by atoms with Crippen LogP contribution in [0, 0.1) is 0 Å². The lowest BCUT2D eigenvalue weighted by Gasteiger charge is -2.07. The smallest absolute Gasteiger partial charge is 0.410 e. The van der Waals surface area contributed by atoms with Crippen molar-refractivity contribution in [1.82, 2.24) is 9.97 Å². The van der Waals surface area contributed by atoms with E-state index in [1.807, 2.05) is 66.0 Å². The molecule has 27 heavy (non-hydrogen) atoms. The third kappa shape index (κ3) is 4.19. The number of nitrogens with one attached hydrogen (secondary N) is 1. The van der Waals surface area contributed by atoms with Crippen molar-refractivity contribution in [3.8, 4) is 27.7 Å². The minimum atomic E-state index is -0.536. The lowest BCUT2D eigenvalue weighted by Crippen LogP contribution is -2.16. The van der Waals surface area contributed by atoms with Gasteiger partial charge >= 0.3 is 6.09 Å². The second-order valence-electron chi connectivity index (χ2n) is 5.66. The van der Waals surface area contributed by atoms with Crippen molar-refractivity contribution < 1.29 is 9.53 Å². The van der Waals surface area contributed by atoms with Crippen LogP contribution in [0.5, 0.6) is 5.75 Å². The molecular weight excluding hydrogens is 358 g/mol. The van der Waals surface area contributed by atoms with Crippen LogP contribution in [0.25, 0.3) is 22.0 Å². The van der Waals surface area contributed by atoms with E-state index in [1.54, 1.807) is 18.3 Å². The molecule has 2 heterocycles. The standard InChI is InChI=1S/C21H15N3O2S/c25-21(26-17-9-2-1-3-10-17)23-16-8-6-7-15(13-16)19-14-27-20(24-19)18-11-4-5-12-22-18/h1-14H,(H,23,25). The second kappa shape index (κ2) is 7.80. The number of amides is 1. The maximum absolute atomic E-state index is 12.1. The Morgan fingerprint density at radius 3 is 2.59 bits per heavy atom. The van der Waals surface area contributed by atoms with Crippen LogP contribution in [-0.4, -0.2) is 16.1 Å². The fraction of sp³-hybridized carbons (Fsp3) is 0. The van der Waals surface area contributed by atoms with E-state index in [-0.39, 0.29) is 0 Å². The van der Waals surface area contributed by atoms with Crippen LogP contribution in [0.2, 0.25) is 0 Å². The third-order valence-electron chi connectivity index (χ3n) is 3.75. The molecule has 4 aromatic rings. The fourth-order valence-electron chi connectivity index (χ4n) is 2.51. The molecule has 0 atom stereocenters. The predicted octanol–water partition coefficient (Wildman–Crippen LogP) is 5.48. The highest BCUT2D eigenvalue weighted by Crippen LogP contribution is 2.29. The van der Waals surface area contributed by atoms with Crippen LogP contribution in [0.3, 0.4) is 0 Å². The normalized spacial score (nSPS) is 10.4. The average molecular weight is 373 g/mol. The quantitative estimate of drug-likeness (QED) is 0.514. The van der Waals surface area contributed by atoms with E-state index in [4.69, 9.17) is 4.74 Å². The first kappa shape index (κ1) is 16.9. The second-order valence-corrected chi connectivity index (χ2v) is 6.52. The number of thiazole rings is 1. The molecule has 4 rings (SSSR count). The summed E-state index contributed by atoms with van der Waals surface area (Å²) in [6, 6.07) is 22.2. The van der Waals surface area contributed by atoms with E-state index < -0.39 is 6.09 Å². The largest absolute Gasteiger partial charge is 0.417 e. The number of carbonyl (C=O) groups excluding carboxylic acids is 1. The number of rotatable bonds is 4. The zero-order chi connectivity index (χ0) is 18.5. The van der Waals surface area contributed by atoms with Gasteiger partial charge in [-0.15, -0.1) is 11.3 Å². The average Bonchev–Trinajstić information content (AvgIpc) is 3.20. The summed E-state index contributed by atoms with van der Waals surface area (Å²) in [6.45, 7) is 0. The van der Waals surface area contributed by atoms with Crippen molar-refractivity contribution in [3.63, 3.8) is 0 Å². The van der Waals surface area contributed by atoms with Gasteiger partial charge in [0.25, 0.3) is 0 Å². The first-order chi connectivity index (χ1) is 13.3. The molecule has 0 aliphatic heterocycles. The van der Waals surface area contributed by atoms with Crippen molar-refractivity contribution in [1.29, 1.82) is 0 Å². The highest BCUT2D eigenvalue weighted by Gasteiger charge is 2.09. The van der Waals surface area contributed by atoms with Crippen LogP contribution < -0.4 is 10.1 Å². The Morgan fingerprint density at radius 2 is 1.78 bits per heavy atom. The summed E-state index contributed by atoms with van der Waals surface area (Å²) in [5.74, 6) is 0.491. The molecule has 0 saturated carbocycles. The van der Waals surface area contributed by atoms with Gasteiger partial charge in [-0.2, -0.15) is 0 Å². The number of hydrogen-bond acceptors (Lipinski definition) is 5. The van der Waals surface area contributed by atoms with Gasteiger partial charge in [-0.25, -0.2) is 9.78 Å². The number of para-hydroxylation sites is 1. The van der Waals surface area contributed by atoms with Gasteiger partial charge in [0, 0.05) is 22.8 Å². The lowest BCUT2D eigenvalue weighted by molar-refractivity contribution is 0.215. The molecule has 1 N–H and O–H groups in total. The van der Waals surface area contributed by atoms with Crippen molar-refractivity contribution in [3.05, 3.63) is 84.4 Å². The number of nitrogens with zero attached hydrogens (tertiary/aromatic N) is 2. The first-order valence-electron chi connectivity index (χ1n) is 8.29. The summed E-state index contributed by atoms with van der Waals surface area (Å²) in [7, 11) is 0. The van der Waals surface area contributed by atoms with Crippen molar-refractivity contribution >= 4 is 23.1 Å². The number of aromatic nitrogens is 2. The van der Waals surface area contributed by atoms with Gasteiger partial charge in [-0.3, -0.25) is 10.3 Å². The van der Waals surface area contributed by atoms with E-state index in [9.17, 15) is 4.79 Å². The number of carbonyl (C=O) groups is 1. The molecular formula is C21H15N3O2S. The SMILES string of the molecule is O=C(Nc1cccc(-c2csc(-c3ccccn3)n2)c1)Oc1ccccc1. The molecule has 0 bridgehead atoms. The van der Waals surface area contributed by atoms with Gasteiger partial charge in [-0.1, -0.05) is 36.4 Å². The summed E-state index contributed by atoms with van der Waals surface area (Å²) in [6.07, 6.45) is 1.21. The van der Waals surface area contributed by atoms with Crippen molar-refractivity contribution in [2.75, 3.05) is 5.32 Å². The van der Waals surface area contributed by atoms with E-state index in [0.717, 1.165) is 22.0 Å². The molecule has 132 valence electrons. The third-order valence-corrected chi connectivity index (χ3v) is 4.61. The Morgan fingerprint density at radius 1 is 0.926 bits per heavy atom. The van der Waals surface area contributed by atoms with Crippen molar-refractivity contribution in [2.24, 2.45) is 0 Å². The summed E-state index contributed by atoms with van der Waals surface area (Å²) < 4.78 is 5.25. The number of pyridine rings is 1. The molecule has 5 nitrogen and oxygen atoms in total. The first-order valence-corrected chi connectivity index (χ1v) is 9.17. The zero-order valence-electron chi connectivity index (χ0n) is 14.2. The molecule has 0 aliphatic carbocycles. The molecule has 0 saturated heterocycles. The van der Waals surface area contributed by atoms with Crippen LogP contribution >= 0.6 is 11.3 Å². The van der Waals surface area contributed by atoms with Crippen molar-refractivity contribution in [2.45, 2.75) is 0 Å². The Hall–Kier alpha value is -3.51. The van der Waals surface area contributed by atoms with E-state index >= 15 is 0 Å². The highest BCUT2D eigenvalue weighted by molar-refractivity contribution is 7.13. The Labute approximate surface area is 160 Å². The van der Waals surface area contributed by atoms with E-state index in [2.05, 4.69) is 15.3 Å². The minimum absolute atomic E-state index is 0.491. The van der Waals surface area contributed by atoms with Gasteiger partial charge in [0.15, 0.2) is 0 Å². The maximum Gasteiger partial charge on any atom is 0.417 e. The van der Waals surface area contributed by atoms with E-state index in [0.29, 0.717) is 11.4 Å². The summed E-state index contributed by atoms with van der Waals surface area (Å²) >= 11 is 1.53. The Balaban J connectivity index is 1.49. The van der Waals surface area contributed by atoms with Gasteiger partial charge in [0.1, 0.15) is 10.8 Å². The minimum Gasteiger partial charge on any atom is -0.410 e.